The normalized spacial score (nSPS) is 13.1. The number of nitrogens with one attached hydrogen (secondary N) is 1. The Hall–Kier alpha value is -1.88. The molecule has 0 fully saturated rings. The highest BCUT2D eigenvalue weighted by Gasteiger charge is 2.17. The maximum atomic E-state index is 11.6. The Morgan fingerprint density at radius 3 is 2.95 bits per heavy atom. The van der Waals surface area contributed by atoms with Crippen LogP contribution in [-0.2, 0) is 24.2 Å². The van der Waals surface area contributed by atoms with Gasteiger partial charge in [0.1, 0.15) is 6.61 Å². The van der Waals surface area contributed by atoms with E-state index in [1.54, 1.807) is 11.3 Å². The van der Waals surface area contributed by atoms with Crippen LogP contribution < -0.4 is 5.32 Å². The lowest BCUT2D eigenvalue weighted by atomic mass is 10.2. The molecule has 2 aromatic rings. The van der Waals surface area contributed by atoms with Crippen molar-refractivity contribution in [1.82, 2.24) is 4.98 Å². The van der Waals surface area contributed by atoms with Crippen LogP contribution in [0.15, 0.2) is 30.3 Å². The van der Waals surface area contributed by atoms with E-state index in [-0.39, 0.29) is 6.61 Å². The monoisotopic (exact) mass is 274 g/mol. The summed E-state index contributed by atoms with van der Waals surface area (Å²) in [6.07, 6.45) is 2.82. The molecule has 0 spiro atoms. The number of fused-ring (bicyclic) bond motifs is 1. The number of hydrogen-bond donors (Lipinski definition) is 1. The number of aryl methyl sites for hydroxylation is 2. The van der Waals surface area contributed by atoms with Crippen LogP contribution in [-0.4, -0.2) is 11.1 Å². The largest absolute Gasteiger partial charge is 0.444 e. The SMILES string of the molecule is O=C(Nc1nc2c(s1)CCC2)OCc1ccccc1. The van der Waals surface area contributed by atoms with Crippen molar-refractivity contribution < 1.29 is 9.53 Å². The Morgan fingerprint density at radius 2 is 2.16 bits per heavy atom. The minimum Gasteiger partial charge on any atom is -0.444 e. The number of ether oxygens (including phenoxy) is 1. The lowest BCUT2D eigenvalue weighted by molar-refractivity contribution is 0.155. The summed E-state index contributed by atoms with van der Waals surface area (Å²) in [5, 5.41) is 3.33. The van der Waals surface area contributed by atoms with Gasteiger partial charge < -0.3 is 4.74 Å². The zero-order chi connectivity index (χ0) is 13.1. The van der Waals surface area contributed by atoms with E-state index in [0.29, 0.717) is 5.13 Å². The quantitative estimate of drug-likeness (QED) is 0.933. The van der Waals surface area contributed by atoms with Gasteiger partial charge in [0.15, 0.2) is 5.13 Å². The summed E-state index contributed by atoms with van der Waals surface area (Å²) in [6.45, 7) is 0.276. The van der Waals surface area contributed by atoms with Gasteiger partial charge >= 0.3 is 6.09 Å². The number of nitrogens with zero attached hydrogens (tertiary/aromatic N) is 1. The van der Waals surface area contributed by atoms with Gasteiger partial charge in [-0.15, -0.1) is 11.3 Å². The molecule has 0 saturated carbocycles. The molecular formula is C14H14N2O2S. The number of hydrogen-bond acceptors (Lipinski definition) is 4. The molecule has 98 valence electrons. The van der Waals surface area contributed by atoms with Crippen LogP contribution in [0.1, 0.15) is 22.6 Å². The molecule has 0 aliphatic heterocycles. The molecule has 0 saturated heterocycles. The summed E-state index contributed by atoms with van der Waals surface area (Å²) in [6, 6.07) is 9.61. The summed E-state index contributed by atoms with van der Waals surface area (Å²) in [4.78, 5) is 17.3. The van der Waals surface area contributed by atoms with Crippen molar-refractivity contribution >= 4 is 22.6 Å². The first-order chi connectivity index (χ1) is 9.31. The highest BCUT2D eigenvalue weighted by Crippen LogP contribution is 2.30. The maximum absolute atomic E-state index is 11.6. The molecule has 1 aliphatic rings. The molecule has 3 rings (SSSR count). The fourth-order valence-electron chi connectivity index (χ4n) is 2.09. The smallest absolute Gasteiger partial charge is 0.413 e. The number of thiazole rings is 1. The molecule has 0 radical (unpaired) electrons. The number of carbonyl (C=O) groups excluding carboxylic acids is 1. The van der Waals surface area contributed by atoms with E-state index < -0.39 is 6.09 Å². The fourth-order valence-corrected chi connectivity index (χ4v) is 3.13. The van der Waals surface area contributed by atoms with Gasteiger partial charge in [0.2, 0.25) is 0 Å². The molecule has 1 heterocycles. The van der Waals surface area contributed by atoms with Crippen LogP contribution in [0.3, 0.4) is 0 Å². The van der Waals surface area contributed by atoms with Crippen molar-refractivity contribution in [2.75, 3.05) is 5.32 Å². The molecule has 1 aromatic carbocycles. The second-order valence-corrected chi connectivity index (χ2v) is 5.51. The summed E-state index contributed by atoms with van der Waals surface area (Å²) in [7, 11) is 0. The van der Waals surface area contributed by atoms with Crippen molar-refractivity contribution in [3.05, 3.63) is 46.5 Å². The van der Waals surface area contributed by atoms with Crippen molar-refractivity contribution in [2.24, 2.45) is 0 Å². The van der Waals surface area contributed by atoms with Crippen LogP contribution in [0, 0.1) is 0 Å². The van der Waals surface area contributed by atoms with E-state index in [9.17, 15) is 4.79 Å². The second kappa shape index (κ2) is 5.40. The van der Waals surface area contributed by atoms with Gasteiger partial charge in [0, 0.05) is 4.88 Å². The van der Waals surface area contributed by atoms with Gasteiger partial charge in [-0.2, -0.15) is 0 Å². The van der Waals surface area contributed by atoms with E-state index in [2.05, 4.69) is 10.3 Å². The predicted molar refractivity (Wildman–Crippen MR) is 74.4 cm³/mol. The van der Waals surface area contributed by atoms with Gasteiger partial charge in [-0.3, -0.25) is 5.32 Å². The Labute approximate surface area is 115 Å². The fraction of sp³-hybridized carbons (Fsp3) is 0.286. The molecule has 19 heavy (non-hydrogen) atoms. The molecular weight excluding hydrogens is 260 g/mol. The summed E-state index contributed by atoms with van der Waals surface area (Å²) in [5.74, 6) is 0. The van der Waals surface area contributed by atoms with Crippen LogP contribution in [0.2, 0.25) is 0 Å². The standard InChI is InChI=1S/C14H14N2O2S/c17-14(18-9-10-5-2-1-3-6-10)16-13-15-11-7-4-8-12(11)19-13/h1-3,5-6H,4,7-9H2,(H,15,16,17). The van der Waals surface area contributed by atoms with Gasteiger partial charge in [0.05, 0.1) is 5.69 Å². The van der Waals surface area contributed by atoms with Gasteiger partial charge in [0.25, 0.3) is 0 Å². The van der Waals surface area contributed by atoms with Crippen LogP contribution in [0.5, 0.6) is 0 Å². The Balaban J connectivity index is 1.53. The number of amides is 1. The summed E-state index contributed by atoms with van der Waals surface area (Å²) in [5.41, 5.74) is 2.10. The Bertz CT molecular complexity index is 559. The topological polar surface area (TPSA) is 51.2 Å². The average Bonchev–Trinajstić information content (AvgIpc) is 2.98. The average molecular weight is 274 g/mol. The molecule has 1 amide bonds. The minimum absolute atomic E-state index is 0.276. The molecule has 1 aromatic heterocycles. The highest BCUT2D eigenvalue weighted by molar-refractivity contribution is 7.15. The molecule has 1 N–H and O–H groups in total. The summed E-state index contributed by atoms with van der Waals surface area (Å²) < 4.78 is 5.15. The Kier molecular flexibility index (Phi) is 3.46. The van der Waals surface area contributed by atoms with Gasteiger partial charge in [-0.05, 0) is 24.8 Å². The van der Waals surface area contributed by atoms with Crippen LogP contribution >= 0.6 is 11.3 Å². The first-order valence-corrected chi connectivity index (χ1v) is 7.09. The van der Waals surface area contributed by atoms with E-state index in [1.165, 1.54) is 11.3 Å². The van der Waals surface area contributed by atoms with Crippen LogP contribution in [0.25, 0.3) is 0 Å². The van der Waals surface area contributed by atoms with E-state index in [0.717, 1.165) is 24.1 Å². The van der Waals surface area contributed by atoms with E-state index in [1.807, 2.05) is 30.3 Å². The number of benzene rings is 1. The van der Waals surface area contributed by atoms with Gasteiger partial charge in [-0.25, -0.2) is 9.78 Å². The van der Waals surface area contributed by atoms with Gasteiger partial charge in [-0.1, -0.05) is 30.3 Å². The first-order valence-electron chi connectivity index (χ1n) is 6.27. The molecule has 0 bridgehead atoms. The number of anilines is 1. The third-order valence-electron chi connectivity index (χ3n) is 3.02. The number of aromatic nitrogens is 1. The van der Waals surface area contributed by atoms with E-state index >= 15 is 0 Å². The Morgan fingerprint density at radius 1 is 1.32 bits per heavy atom. The maximum Gasteiger partial charge on any atom is 0.413 e. The highest BCUT2D eigenvalue weighted by atomic mass is 32.1. The van der Waals surface area contributed by atoms with Crippen molar-refractivity contribution in [1.29, 1.82) is 0 Å². The number of carbonyl (C=O) groups is 1. The molecule has 5 heteroatoms. The minimum atomic E-state index is -0.448. The van der Waals surface area contributed by atoms with Crippen molar-refractivity contribution in [3.63, 3.8) is 0 Å². The molecule has 0 unspecified atom stereocenters. The van der Waals surface area contributed by atoms with Crippen molar-refractivity contribution in [3.8, 4) is 0 Å². The second-order valence-electron chi connectivity index (χ2n) is 4.43. The zero-order valence-corrected chi connectivity index (χ0v) is 11.2. The summed E-state index contributed by atoms with van der Waals surface area (Å²) >= 11 is 1.55. The first kappa shape index (κ1) is 12.2. The number of rotatable bonds is 3. The third kappa shape index (κ3) is 2.93. The predicted octanol–water partition coefficient (Wildman–Crippen LogP) is 3.38. The van der Waals surface area contributed by atoms with E-state index in [4.69, 9.17) is 4.74 Å². The molecule has 1 aliphatic carbocycles. The third-order valence-corrected chi connectivity index (χ3v) is 4.09. The van der Waals surface area contributed by atoms with Crippen LogP contribution in [0.4, 0.5) is 9.93 Å². The lowest BCUT2D eigenvalue weighted by Crippen LogP contribution is -2.13. The zero-order valence-electron chi connectivity index (χ0n) is 10.4. The lowest BCUT2D eigenvalue weighted by Gasteiger charge is -2.04. The molecule has 4 nitrogen and oxygen atoms in total. The molecule has 0 atom stereocenters. The van der Waals surface area contributed by atoms with Crippen molar-refractivity contribution in [2.45, 2.75) is 25.9 Å².